The van der Waals surface area contributed by atoms with E-state index >= 15 is 0 Å². The molecule has 2 aromatic carbocycles. The van der Waals surface area contributed by atoms with Gasteiger partial charge in [0.25, 0.3) is 0 Å². The third-order valence-corrected chi connectivity index (χ3v) is 9.09. The number of nitrogens with two attached hydrogens (primary N) is 2. The molecule has 1 atom stereocenters. The summed E-state index contributed by atoms with van der Waals surface area (Å²) in [6, 6.07) is 11.0. The van der Waals surface area contributed by atoms with E-state index < -0.39 is 0 Å². The summed E-state index contributed by atoms with van der Waals surface area (Å²) in [5, 5.41) is 0. The molecule has 1 unspecified atom stereocenters. The van der Waals surface area contributed by atoms with Gasteiger partial charge in [0.2, 0.25) is 0 Å². The van der Waals surface area contributed by atoms with Crippen molar-refractivity contribution in [1.29, 1.82) is 0 Å². The first-order valence-electron chi connectivity index (χ1n) is 17.0. The average Bonchev–Trinajstić information content (AvgIpc) is 3.23. The fourth-order valence-electron chi connectivity index (χ4n) is 6.66. The van der Waals surface area contributed by atoms with Crippen molar-refractivity contribution < 1.29 is 0 Å². The number of rotatable bonds is 22. The third-order valence-electron chi connectivity index (χ3n) is 9.09. The lowest BCUT2D eigenvalue weighted by atomic mass is 9.89. The third kappa shape index (κ3) is 9.96. The van der Waals surface area contributed by atoms with Gasteiger partial charge in [0.05, 0.1) is 6.04 Å². The van der Waals surface area contributed by atoms with Gasteiger partial charge in [-0.25, -0.2) is 0 Å². The number of hydrogen-bond donors (Lipinski definition) is 2. The number of benzene rings is 2. The van der Waals surface area contributed by atoms with Crippen LogP contribution in [0, 0.1) is 0 Å². The summed E-state index contributed by atoms with van der Waals surface area (Å²) in [6.45, 7) is 4.59. The average molecular weight is 533 g/mol. The molecule has 0 saturated heterocycles. The van der Waals surface area contributed by atoms with Crippen LogP contribution in [0.2, 0.25) is 0 Å². The Kier molecular flexibility index (Phi) is 15.1. The first-order valence-corrected chi connectivity index (χ1v) is 17.0. The van der Waals surface area contributed by atoms with E-state index in [1.807, 2.05) is 0 Å². The number of hydrogen-bond acceptors (Lipinski definition) is 2. The first kappa shape index (κ1) is 31.7. The molecule has 1 aliphatic carbocycles. The summed E-state index contributed by atoms with van der Waals surface area (Å²) in [4.78, 5) is 0. The molecule has 218 valence electrons. The Bertz CT molecular complexity index is 947. The fourth-order valence-corrected chi connectivity index (χ4v) is 6.66. The van der Waals surface area contributed by atoms with E-state index in [4.69, 9.17) is 11.5 Å². The summed E-state index contributed by atoms with van der Waals surface area (Å²) >= 11 is 0. The van der Waals surface area contributed by atoms with Crippen LogP contribution in [0.1, 0.15) is 171 Å². The first-order chi connectivity index (χ1) is 19.2. The van der Waals surface area contributed by atoms with Crippen LogP contribution in [0.3, 0.4) is 0 Å². The van der Waals surface area contributed by atoms with Crippen LogP contribution in [0.15, 0.2) is 30.3 Å². The second-order valence-corrected chi connectivity index (χ2v) is 12.3. The molecule has 0 bridgehead atoms. The summed E-state index contributed by atoms with van der Waals surface area (Å²) < 4.78 is 0. The molecule has 0 amide bonds. The van der Waals surface area contributed by atoms with Gasteiger partial charge in [-0.15, -0.1) is 0 Å². The van der Waals surface area contributed by atoms with Crippen molar-refractivity contribution in [3.8, 4) is 11.1 Å². The maximum absolute atomic E-state index is 6.97. The van der Waals surface area contributed by atoms with E-state index in [1.54, 1.807) is 0 Å². The molecule has 0 spiro atoms. The highest BCUT2D eigenvalue weighted by Crippen LogP contribution is 2.47. The minimum atomic E-state index is -0.0889. The molecule has 0 heterocycles. The van der Waals surface area contributed by atoms with Gasteiger partial charge in [0.15, 0.2) is 0 Å². The lowest BCUT2D eigenvalue weighted by Gasteiger charge is -2.19. The zero-order valence-electron chi connectivity index (χ0n) is 25.7. The summed E-state index contributed by atoms with van der Waals surface area (Å²) in [5.41, 5.74) is 22.6. The minimum Gasteiger partial charge on any atom is -0.398 e. The van der Waals surface area contributed by atoms with Crippen molar-refractivity contribution in [1.82, 2.24) is 0 Å². The highest BCUT2D eigenvalue weighted by molar-refractivity contribution is 5.85. The van der Waals surface area contributed by atoms with E-state index in [2.05, 4.69) is 44.2 Å². The molecule has 1 aliphatic rings. The largest absolute Gasteiger partial charge is 0.398 e. The molecule has 2 nitrogen and oxygen atoms in total. The number of aryl methyl sites for hydroxylation is 1. The van der Waals surface area contributed by atoms with Gasteiger partial charge in [-0.05, 0) is 53.5 Å². The Labute approximate surface area is 241 Å². The highest BCUT2D eigenvalue weighted by Gasteiger charge is 2.30. The Balaban J connectivity index is 1.53. The normalized spacial score (nSPS) is 14.1. The lowest BCUT2D eigenvalue weighted by molar-refractivity contribution is 0.553. The molecular weight excluding hydrogens is 472 g/mol. The van der Waals surface area contributed by atoms with Crippen LogP contribution < -0.4 is 11.5 Å². The SMILES string of the molecule is CCCCCCCCCCCCc1cc2c(c(N)c1CCCCCCCCCCCC)C(N)c1ccccc1-2. The zero-order valence-corrected chi connectivity index (χ0v) is 25.7. The maximum Gasteiger partial charge on any atom is 0.0584 e. The molecular formula is C37H60N2. The van der Waals surface area contributed by atoms with Crippen molar-refractivity contribution in [3.63, 3.8) is 0 Å². The lowest BCUT2D eigenvalue weighted by Crippen LogP contribution is -2.13. The van der Waals surface area contributed by atoms with Gasteiger partial charge < -0.3 is 11.5 Å². The van der Waals surface area contributed by atoms with Crippen LogP contribution in [0.5, 0.6) is 0 Å². The molecule has 2 aromatic rings. The summed E-state index contributed by atoms with van der Waals surface area (Å²) in [7, 11) is 0. The molecule has 0 aromatic heterocycles. The topological polar surface area (TPSA) is 52.0 Å². The predicted molar refractivity (Wildman–Crippen MR) is 173 cm³/mol. The smallest absolute Gasteiger partial charge is 0.0584 e. The number of nitrogen functional groups attached to an aromatic ring is 1. The van der Waals surface area contributed by atoms with E-state index in [-0.39, 0.29) is 6.04 Å². The summed E-state index contributed by atoms with van der Waals surface area (Å²) in [6.07, 6.45) is 29.7. The Morgan fingerprint density at radius 3 is 1.56 bits per heavy atom. The van der Waals surface area contributed by atoms with Crippen LogP contribution in [0.4, 0.5) is 5.69 Å². The van der Waals surface area contributed by atoms with Crippen LogP contribution in [-0.2, 0) is 12.8 Å². The quantitative estimate of drug-likeness (QED) is 0.117. The van der Waals surface area contributed by atoms with Crippen molar-refractivity contribution in [2.75, 3.05) is 5.73 Å². The van der Waals surface area contributed by atoms with Crippen molar-refractivity contribution >= 4 is 5.69 Å². The molecule has 39 heavy (non-hydrogen) atoms. The van der Waals surface area contributed by atoms with Crippen molar-refractivity contribution in [2.24, 2.45) is 5.73 Å². The number of fused-ring (bicyclic) bond motifs is 3. The van der Waals surface area contributed by atoms with E-state index in [1.165, 1.54) is 162 Å². The molecule has 0 radical (unpaired) electrons. The molecule has 0 aliphatic heterocycles. The molecule has 2 heteroatoms. The Morgan fingerprint density at radius 2 is 1.03 bits per heavy atom. The van der Waals surface area contributed by atoms with E-state index in [0.29, 0.717) is 0 Å². The minimum absolute atomic E-state index is 0.0889. The fraction of sp³-hybridized carbons (Fsp3) is 0.676. The van der Waals surface area contributed by atoms with Gasteiger partial charge in [0, 0.05) is 11.3 Å². The van der Waals surface area contributed by atoms with Crippen LogP contribution in [0.25, 0.3) is 11.1 Å². The summed E-state index contributed by atoms with van der Waals surface area (Å²) in [5.74, 6) is 0. The number of unbranched alkanes of at least 4 members (excludes halogenated alkanes) is 18. The van der Waals surface area contributed by atoms with Gasteiger partial charge in [0.1, 0.15) is 0 Å². The highest BCUT2D eigenvalue weighted by atomic mass is 14.7. The van der Waals surface area contributed by atoms with Crippen LogP contribution >= 0.6 is 0 Å². The predicted octanol–water partition coefficient (Wildman–Crippen LogP) is 11.2. The Morgan fingerprint density at radius 1 is 0.564 bits per heavy atom. The second-order valence-electron chi connectivity index (χ2n) is 12.3. The van der Waals surface area contributed by atoms with E-state index in [9.17, 15) is 0 Å². The number of anilines is 1. The van der Waals surface area contributed by atoms with Gasteiger partial charge in [-0.3, -0.25) is 0 Å². The monoisotopic (exact) mass is 532 g/mol. The van der Waals surface area contributed by atoms with Crippen molar-refractivity contribution in [3.05, 3.63) is 52.6 Å². The van der Waals surface area contributed by atoms with Gasteiger partial charge >= 0.3 is 0 Å². The zero-order chi connectivity index (χ0) is 27.7. The second kappa shape index (κ2) is 18.5. The van der Waals surface area contributed by atoms with Crippen molar-refractivity contribution in [2.45, 2.75) is 161 Å². The van der Waals surface area contributed by atoms with Gasteiger partial charge in [-0.2, -0.15) is 0 Å². The standard InChI is InChI=1S/C37H60N2/c1-3-5-7-9-11-13-15-17-19-21-25-30-29-34-32-27-23-24-28-33(32)37(39)35(34)36(38)31(30)26-22-20-18-16-14-12-10-8-6-4-2/h23-24,27-29,37H,3-22,25-26,38-39H2,1-2H3. The molecule has 0 saturated carbocycles. The maximum atomic E-state index is 6.97. The van der Waals surface area contributed by atoms with E-state index in [0.717, 1.165) is 18.5 Å². The van der Waals surface area contributed by atoms with Gasteiger partial charge in [-0.1, -0.05) is 160 Å². The molecule has 3 rings (SSSR count). The van der Waals surface area contributed by atoms with Crippen LogP contribution in [-0.4, -0.2) is 0 Å². The Hall–Kier alpha value is -1.80. The molecule has 0 fully saturated rings. The molecule has 4 N–H and O–H groups in total.